The molecule has 0 bridgehead atoms. The van der Waals surface area contributed by atoms with E-state index in [0.29, 0.717) is 11.4 Å². The molecule has 1 aliphatic rings. The molecule has 0 saturated carbocycles. The van der Waals surface area contributed by atoms with Gasteiger partial charge in [-0.3, -0.25) is 4.79 Å². The third-order valence-electron chi connectivity index (χ3n) is 8.34. The van der Waals surface area contributed by atoms with Crippen molar-refractivity contribution in [1.29, 1.82) is 0 Å². The Hall–Kier alpha value is -6.42. The zero-order chi connectivity index (χ0) is 38.7. The van der Waals surface area contributed by atoms with Gasteiger partial charge < -0.3 is 25.6 Å². The van der Waals surface area contributed by atoms with Crippen LogP contribution in [0, 0.1) is 18.6 Å². The van der Waals surface area contributed by atoms with Crippen molar-refractivity contribution >= 4 is 41.0 Å². The fourth-order valence-corrected chi connectivity index (χ4v) is 5.73. The molecule has 5 aromatic rings. The first-order chi connectivity index (χ1) is 25.7. The van der Waals surface area contributed by atoms with E-state index in [1.165, 1.54) is 19.1 Å². The SMILES string of the molecule is Cc1ccc(C(=O)Nc2ccc(-c3ccccc3)cc2)c(OC(=O)C(F)(F)F)c1-c1nc(NCCN(C)C)nc2c1CNC(=O)N2c1c(F)cccc1F. The number of nitrogens with zero attached hydrogens (tertiary/aromatic N) is 4. The highest BCUT2D eigenvalue weighted by Crippen LogP contribution is 2.44. The Balaban J connectivity index is 1.52. The van der Waals surface area contributed by atoms with Crippen molar-refractivity contribution in [2.45, 2.75) is 19.6 Å². The number of para-hydroxylation sites is 1. The molecule has 0 fully saturated rings. The molecule has 0 saturated heterocycles. The number of carbonyl (C=O) groups is 3. The van der Waals surface area contributed by atoms with E-state index in [0.717, 1.165) is 29.3 Å². The fraction of sp³-hybridized carbons (Fsp3) is 0.184. The van der Waals surface area contributed by atoms with E-state index in [9.17, 15) is 27.6 Å². The predicted octanol–water partition coefficient (Wildman–Crippen LogP) is 7.45. The van der Waals surface area contributed by atoms with Crippen LogP contribution in [0.5, 0.6) is 5.75 Å². The van der Waals surface area contributed by atoms with Gasteiger partial charge in [0.15, 0.2) is 11.6 Å². The van der Waals surface area contributed by atoms with Crippen LogP contribution < -0.4 is 25.6 Å². The standard InChI is InChI=1S/C38H32F5N7O4/c1-21-12-17-25(34(51)46-24-15-13-23(14-16-24)22-8-5-4-6-9-22)32(54-35(52)38(41,42)43)29(21)30-26-20-45-37(53)50(31-27(39)10-7-11-28(31)40)33(26)48-36(47-30)44-18-19-49(2)3/h4-17H,18-20H2,1-3H3,(H,45,53)(H,46,51)(H,44,47,48). The lowest BCUT2D eigenvalue weighted by atomic mass is 9.95. The van der Waals surface area contributed by atoms with E-state index in [4.69, 9.17) is 4.74 Å². The summed E-state index contributed by atoms with van der Waals surface area (Å²) in [6.45, 7) is 1.81. The number of halogens is 5. The highest BCUT2D eigenvalue weighted by Gasteiger charge is 2.43. The lowest BCUT2D eigenvalue weighted by Gasteiger charge is -2.31. The molecule has 4 aromatic carbocycles. The van der Waals surface area contributed by atoms with Gasteiger partial charge in [0.05, 0.1) is 17.8 Å². The zero-order valence-corrected chi connectivity index (χ0v) is 29.0. The first-order valence-electron chi connectivity index (χ1n) is 16.4. The van der Waals surface area contributed by atoms with Gasteiger partial charge in [0.1, 0.15) is 17.3 Å². The molecule has 3 amide bonds. The molecule has 3 N–H and O–H groups in total. The van der Waals surface area contributed by atoms with Crippen molar-refractivity contribution in [2.75, 3.05) is 42.7 Å². The summed E-state index contributed by atoms with van der Waals surface area (Å²) in [6, 6.07) is 20.7. The maximum atomic E-state index is 15.2. The molecular weight excluding hydrogens is 713 g/mol. The maximum absolute atomic E-state index is 15.2. The second-order valence-corrected chi connectivity index (χ2v) is 12.4. The number of fused-ring (bicyclic) bond motifs is 1. The largest absolute Gasteiger partial charge is 0.491 e. The number of benzene rings is 4. The molecule has 0 aliphatic carbocycles. The number of amides is 3. The van der Waals surface area contributed by atoms with Crippen LogP contribution in [-0.2, 0) is 11.3 Å². The fourth-order valence-electron chi connectivity index (χ4n) is 5.73. The van der Waals surface area contributed by atoms with E-state index in [1.54, 1.807) is 38.4 Å². The average Bonchev–Trinajstić information content (AvgIpc) is 3.12. The molecule has 11 nitrogen and oxygen atoms in total. The van der Waals surface area contributed by atoms with Crippen LogP contribution in [0.25, 0.3) is 22.4 Å². The summed E-state index contributed by atoms with van der Waals surface area (Å²) in [5.41, 5.74) is 0.575. The van der Waals surface area contributed by atoms with Gasteiger partial charge in [0.25, 0.3) is 5.91 Å². The Labute approximate surface area is 305 Å². The summed E-state index contributed by atoms with van der Waals surface area (Å²) >= 11 is 0. The average molecular weight is 746 g/mol. The predicted molar refractivity (Wildman–Crippen MR) is 192 cm³/mol. The van der Waals surface area contributed by atoms with Crippen molar-refractivity contribution < 1.29 is 41.1 Å². The summed E-state index contributed by atoms with van der Waals surface area (Å²) < 4.78 is 76.7. The van der Waals surface area contributed by atoms with Crippen LogP contribution >= 0.6 is 0 Å². The van der Waals surface area contributed by atoms with E-state index in [2.05, 4.69) is 25.9 Å². The molecule has 1 aromatic heterocycles. The van der Waals surface area contributed by atoms with Crippen molar-refractivity contribution in [3.8, 4) is 28.1 Å². The third-order valence-corrected chi connectivity index (χ3v) is 8.34. The Morgan fingerprint density at radius 1 is 0.907 bits per heavy atom. The van der Waals surface area contributed by atoms with Crippen molar-refractivity contribution in [3.05, 3.63) is 113 Å². The maximum Gasteiger partial charge on any atom is 0.491 e. The van der Waals surface area contributed by atoms with Crippen LogP contribution in [0.4, 0.5) is 49.9 Å². The second-order valence-electron chi connectivity index (χ2n) is 12.4. The Morgan fingerprint density at radius 3 is 2.22 bits per heavy atom. The van der Waals surface area contributed by atoms with Crippen molar-refractivity contribution in [3.63, 3.8) is 0 Å². The van der Waals surface area contributed by atoms with E-state index < -0.39 is 52.7 Å². The lowest BCUT2D eigenvalue weighted by Crippen LogP contribution is -2.43. The molecule has 16 heteroatoms. The first kappa shape index (κ1) is 37.3. The molecule has 1 aliphatic heterocycles. The highest BCUT2D eigenvalue weighted by molar-refractivity contribution is 6.09. The van der Waals surface area contributed by atoms with Gasteiger partial charge in [-0.25, -0.2) is 28.3 Å². The lowest BCUT2D eigenvalue weighted by molar-refractivity contribution is -0.189. The Morgan fingerprint density at radius 2 is 1.57 bits per heavy atom. The number of hydrogen-bond donors (Lipinski definition) is 3. The van der Waals surface area contributed by atoms with Gasteiger partial charge in [-0.05, 0) is 68.0 Å². The van der Waals surface area contributed by atoms with Gasteiger partial charge in [-0.1, -0.05) is 54.6 Å². The van der Waals surface area contributed by atoms with Crippen LogP contribution in [0.2, 0.25) is 0 Å². The van der Waals surface area contributed by atoms with Gasteiger partial charge in [0, 0.05) is 29.9 Å². The molecular formula is C38H32F5N7O4. The summed E-state index contributed by atoms with van der Waals surface area (Å²) in [5, 5.41) is 8.10. The monoisotopic (exact) mass is 745 g/mol. The number of carbonyl (C=O) groups excluding carboxylic acids is 3. The van der Waals surface area contributed by atoms with Gasteiger partial charge in [-0.2, -0.15) is 18.2 Å². The second kappa shape index (κ2) is 15.3. The molecule has 0 unspecified atom stereocenters. The van der Waals surface area contributed by atoms with Gasteiger partial charge >= 0.3 is 18.2 Å². The first-order valence-corrected chi connectivity index (χ1v) is 16.4. The zero-order valence-electron chi connectivity index (χ0n) is 29.0. The summed E-state index contributed by atoms with van der Waals surface area (Å²) in [6.07, 6.45) is -5.47. The quantitative estimate of drug-likeness (QED) is 0.0765. The topological polar surface area (TPSA) is 129 Å². The number of aryl methyl sites for hydroxylation is 1. The number of nitrogens with one attached hydrogen (secondary N) is 3. The minimum Gasteiger partial charge on any atom is -0.418 e. The third kappa shape index (κ3) is 7.83. The number of likely N-dealkylation sites (N-methyl/N-ethyl adjacent to an activating group) is 1. The van der Waals surface area contributed by atoms with Gasteiger partial charge in [-0.15, -0.1) is 0 Å². The number of ether oxygens (including phenoxy) is 1. The normalized spacial score (nSPS) is 12.6. The van der Waals surface area contributed by atoms with Gasteiger partial charge in [0.2, 0.25) is 5.95 Å². The molecule has 278 valence electrons. The summed E-state index contributed by atoms with van der Waals surface area (Å²) in [4.78, 5) is 51.1. The summed E-state index contributed by atoms with van der Waals surface area (Å²) in [7, 11) is 3.60. The van der Waals surface area contributed by atoms with Crippen molar-refractivity contribution in [1.82, 2.24) is 20.2 Å². The number of alkyl halides is 3. The van der Waals surface area contributed by atoms with E-state index >= 15 is 8.78 Å². The van der Waals surface area contributed by atoms with Crippen LogP contribution in [0.1, 0.15) is 21.5 Å². The molecule has 6 rings (SSSR count). The number of urea groups is 1. The highest BCUT2D eigenvalue weighted by atomic mass is 19.4. The van der Waals surface area contributed by atoms with Crippen LogP contribution in [0.3, 0.4) is 0 Å². The molecule has 0 spiro atoms. The number of anilines is 4. The molecule has 0 atom stereocenters. The van der Waals surface area contributed by atoms with Crippen LogP contribution in [-0.4, -0.2) is 66.1 Å². The smallest absolute Gasteiger partial charge is 0.418 e. The van der Waals surface area contributed by atoms with Crippen molar-refractivity contribution in [2.24, 2.45) is 0 Å². The minimum atomic E-state index is -5.47. The molecule has 2 heterocycles. The minimum absolute atomic E-state index is 0.00289. The summed E-state index contributed by atoms with van der Waals surface area (Å²) in [5.74, 6) is -7.03. The van der Waals surface area contributed by atoms with Crippen LogP contribution in [0.15, 0.2) is 84.9 Å². The van der Waals surface area contributed by atoms with E-state index in [1.807, 2.05) is 35.2 Å². The molecule has 0 radical (unpaired) electrons. The number of esters is 1. The Kier molecular flexibility index (Phi) is 10.6. The van der Waals surface area contributed by atoms with E-state index in [-0.39, 0.29) is 52.9 Å². The number of hydrogen-bond acceptors (Lipinski definition) is 8. The Bertz CT molecular complexity index is 2210. The number of rotatable bonds is 10. The number of aromatic nitrogens is 2. The molecule has 54 heavy (non-hydrogen) atoms.